The summed E-state index contributed by atoms with van der Waals surface area (Å²) in [6.07, 6.45) is 1.26. The molecule has 0 aliphatic heterocycles. The number of hydrogen-bond acceptors (Lipinski definition) is 3. The SMILES string of the molecule is O=C(O)Cc1cn(-c2cc(Cl)c(Cl)cc2Cl)nn1. The molecule has 1 heterocycles. The Hall–Kier alpha value is -1.30. The van der Waals surface area contributed by atoms with Crippen LogP contribution in [0.1, 0.15) is 5.69 Å². The Morgan fingerprint density at radius 2 is 1.89 bits per heavy atom. The molecule has 8 heteroatoms. The first-order valence-electron chi connectivity index (χ1n) is 4.75. The number of benzene rings is 1. The summed E-state index contributed by atoms with van der Waals surface area (Å²) in [6.45, 7) is 0. The average Bonchev–Trinajstić information content (AvgIpc) is 2.70. The van der Waals surface area contributed by atoms with Crippen LogP contribution in [0, 0.1) is 0 Å². The minimum Gasteiger partial charge on any atom is -0.481 e. The third kappa shape index (κ3) is 2.75. The molecular weight excluding hydrogens is 300 g/mol. The van der Waals surface area contributed by atoms with Crippen molar-refractivity contribution >= 4 is 40.8 Å². The number of rotatable bonds is 3. The maximum atomic E-state index is 10.5. The van der Waals surface area contributed by atoms with Crippen LogP contribution in [-0.4, -0.2) is 26.1 Å². The van der Waals surface area contributed by atoms with Gasteiger partial charge in [-0.05, 0) is 12.1 Å². The molecule has 0 bridgehead atoms. The molecule has 18 heavy (non-hydrogen) atoms. The van der Waals surface area contributed by atoms with Crippen molar-refractivity contribution in [3.8, 4) is 5.69 Å². The first-order chi connectivity index (χ1) is 8.47. The highest BCUT2D eigenvalue weighted by molar-refractivity contribution is 6.43. The molecule has 0 saturated heterocycles. The minimum absolute atomic E-state index is 0.209. The summed E-state index contributed by atoms with van der Waals surface area (Å²) in [7, 11) is 0. The Morgan fingerprint density at radius 3 is 2.56 bits per heavy atom. The van der Waals surface area contributed by atoms with E-state index >= 15 is 0 Å². The van der Waals surface area contributed by atoms with Crippen LogP contribution < -0.4 is 0 Å². The molecule has 0 radical (unpaired) electrons. The standard InChI is InChI=1S/C10H6Cl3N3O2/c11-6-2-8(13)9(3-7(6)12)16-4-5(14-15-16)1-10(17)18/h2-4H,1H2,(H,17,18). The molecule has 1 aromatic carbocycles. The lowest BCUT2D eigenvalue weighted by atomic mass is 10.3. The van der Waals surface area contributed by atoms with Crippen LogP contribution in [0.3, 0.4) is 0 Å². The molecule has 0 amide bonds. The van der Waals surface area contributed by atoms with Gasteiger partial charge in [-0.3, -0.25) is 4.79 Å². The van der Waals surface area contributed by atoms with Crippen LogP contribution in [-0.2, 0) is 11.2 Å². The van der Waals surface area contributed by atoms with E-state index in [-0.39, 0.29) is 6.42 Å². The van der Waals surface area contributed by atoms with Gasteiger partial charge in [-0.25, -0.2) is 4.68 Å². The predicted molar refractivity (Wildman–Crippen MR) is 67.7 cm³/mol. The largest absolute Gasteiger partial charge is 0.481 e. The molecule has 94 valence electrons. The second-order valence-electron chi connectivity index (χ2n) is 3.44. The normalized spacial score (nSPS) is 10.6. The van der Waals surface area contributed by atoms with E-state index < -0.39 is 5.97 Å². The summed E-state index contributed by atoms with van der Waals surface area (Å²) in [6, 6.07) is 3.02. The Balaban J connectivity index is 2.40. The van der Waals surface area contributed by atoms with Crippen LogP contribution in [0.4, 0.5) is 0 Å². The Labute approximate surface area is 117 Å². The molecule has 2 rings (SSSR count). The predicted octanol–water partition coefficient (Wildman–Crippen LogP) is 2.85. The van der Waals surface area contributed by atoms with Crippen LogP contribution >= 0.6 is 34.8 Å². The summed E-state index contributed by atoms with van der Waals surface area (Å²) >= 11 is 17.7. The van der Waals surface area contributed by atoms with E-state index in [1.165, 1.54) is 23.0 Å². The fourth-order valence-electron chi connectivity index (χ4n) is 1.34. The highest BCUT2D eigenvalue weighted by atomic mass is 35.5. The van der Waals surface area contributed by atoms with Crippen molar-refractivity contribution in [2.24, 2.45) is 0 Å². The van der Waals surface area contributed by atoms with Gasteiger partial charge in [0, 0.05) is 0 Å². The summed E-state index contributed by atoms with van der Waals surface area (Å²) in [4.78, 5) is 10.5. The van der Waals surface area contributed by atoms with Gasteiger partial charge < -0.3 is 5.11 Å². The van der Waals surface area contributed by atoms with E-state index in [2.05, 4.69) is 10.3 Å². The van der Waals surface area contributed by atoms with Crippen molar-refractivity contribution in [3.63, 3.8) is 0 Å². The molecule has 2 aromatic rings. The molecule has 0 unspecified atom stereocenters. The van der Waals surface area contributed by atoms with Crippen molar-refractivity contribution in [1.29, 1.82) is 0 Å². The van der Waals surface area contributed by atoms with Gasteiger partial charge in [-0.2, -0.15) is 0 Å². The van der Waals surface area contributed by atoms with Crippen molar-refractivity contribution in [2.45, 2.75) is 6.42 Å². The molecule has 0 saturated carbocycles. The van der Waals surface area contributed by atoms with Crippen LogP contribution in [0.2, 0.25) is 15.1 Å². The van der Waals surface area contributed by atoms with Gasteiger partial charge in [0.25, 0.3) is 0 Å². The Bertz CT molecular complexity index is 612. The van der Waals surface area contributed by atoms with Crippen molar-refractivity contribution in [2.75, 3.05) is 0 Å². The molecule has 1 N–H and O–H groups in total. The van der Waals surface area contributed by atoms with Gasteiger partial charge in [-0.15, -0.1) is 5.10 Å². The van der Waals surface area contributed by atoms with Crippen LogP contribution in [0.15, 0.2) is 18.3 Å². The minimum atomic E-state index is -0.984. The number of halogens is 3. The monoisotopic (exact) mass is 305 g/mol. The molecule has 1 aromatic heterocycles. The van der Waals surface area contributed by atoms with Crippen molar-refractivity contribution < 1.29 is 9.90 Å². The molecule has 0 fully saturated rings. The molecule has 0 atom stereocenters. The molecule has 5 nitrogen and oxygen atoms in total. The smallest absolute Gasteiger partial charge is 0.309 e. The van der Waals surface area contributed by atoms with Crippen LogP contribution in [0.5, 0.6) is 0 Å². The zero-order chi connectivity index (χ0) is 13.3. The molecule has 0 aliphatic carbocycles. The first-order valence-corrected chi connectivity index (χ1v) is 5.88. The lowest BCUT2D eigenvalue weighted by molar-refractivity contribution is -0.136. The summed E-state index contributed by atoms with van der Waals surface area (Å²) in [5.74, 6) is -0.984. The molecule has 0 aliphatic rings. The number of carboxylic acid groups (broad SMARTS) is 1. The topological polar surface area (TPSA) is 68.0 Å². The van der Waals surface area contributed by atoms with E-state index in [1.807, 2.05) is 0 Å². The fourth-order valence-corrected chi connectivity index (χ4v) is 1.97. The first kappa shape index (κ1) is 13.1. The van der Waals surface area contributed by atoms with Gasteiger partial charge >= 0.3 is 5.97 Å². The number of nitrogens with zero attached hydrogens (tertiary/aromatic N) is 3. The summed E-state index contributed by atoms with van der Waals surface area (Å²) in [5.41, 5.74) is 0.805. The number of carbonyl (C=O) groups is 1. The molecular formula is C10H6Cl3N3O2. The average molecular weight is 307 g/mol. The Morgan fingerprint density at radius 1 is 1.22 bits per heavy atom. The lowest BCUT2D eigenvalue weighted by Crippen LogP contribution is -2.00. The highest BCUT2D eigenvalue weighted by Gasteiger charge is 2.11. The lowest BCUT2D eigenvalue weighted by Gasteiger charge is -2.05. The fraction of sp³-hybridized carbons (Fsp3) is 0.100. The quantitative estimate of drug-likeness (QED) is 0.885. The van der Waals surface area contributed by atoms with Gasteiger partial charge in [0.2, 0.25) is 0 Å². The highest BCUT2D eigenvalue weighted by Crippen LogP contribution is 2.30. The third-order valence-corrected chi connectivity index (χ3v) is 3.13. The van der Waals surface area contributed by atoms with E-state index in [4.69, 9.17) is 39.9 Å². The van der Waals surface area contributed by atoms with Gasteiger partial charge in [0.1, 0.15) is 0 Å². The van der Waals surface area contributed by atoms with Gasteiger partial charge in [0.15, 0.2) is 0 Å². The second-order valence-corrected chi connectivity index (χ2v) is 4.66. The summed E-state index contributed by atoms with van der Waals surface area (Å²) < 4.78 is 1.35. The van der Waals surface area contributed by atoms with Crippen LogP contribution in [0.25, 0.3) is 5.69 Å². The number of carboxylic acids is 1. The van der Waals surface area contributed by atoms with Crippen molar-refractivity contribution in [3.05, 3.63) is 39.1 Å². The second kappa shape index (κ2) is 5.14. The zero-order valence-electron chi connectivity index (χ0n) is 8.77. The maximum absolute atomic E-state index is 10.5. The third-order valence-electron chi connectivity index (χ3n) is 2.11. The van der Waals surface area contributed by atoms with Gasteiger partial charge in [0.05, 0.1) is 39.1 Å². The van der Waals surface area contributed by atoms with E-state index in [0.717, 1.165) is 0 Å². The number of aromatic nitrogens is 3. The Kier molecular flexibility index (Phi) is 3.75. The van der Waals surface area contributed by atoms with E-state index in [0.29, 0.717) is 26.4 Å². The maximum Gasteiger partial charge on any atom is 0.309 e. The number of aliphatic carboxylic acids is 1. The van der Waals surface area contributed by atoms with Crippen molar-refractivity contribution in [1.82, 2.24) is 15.0 Å². The van der Waals surface area contributed by atoms with E-state index in [1.54, 1.807) is 0 Å². The van der Waals surface area contributed by atoms with Gasteiger partial charge in [-0.1, -0.05) is 40.0 Å². The zero-order valence-corrected chi connectivity index (χ0v) is 11.0. The summed E-state index contributed by atoms with van der Waals surface area (Å²) in [5, 5.41) is 17.2. The van der Waals surface area contributed by atoms with E-state index in [9.17, 15) is 4.79 Å². The number of hydrogen-bond donors (Lipinski definition) is 1. The molecule has 0 spiro atoms.